The van der Waals surface area contributed by atoms with Gasteiger partial charge in [-0.1, -0.05) is 6.07 Å². The van der Waals surface area contributed by atoms with Crippen molar-refractivity contribution < 1.29 is 9.59 Å². The normalized spacial score (nSPS) is 16.0. The number of carbonyl (C=O) groups excluding carboxylic acids is 2. The molecular formula is C16H20N4O2S2. The standard InChI is InChI=1S/C16H20N4O2S2/c1-12(21)17-16-18-14(11-24-16)15(22)20-6-3-5-19(7-8-20)10-13-4-2-9-23-13/h2,4,9,11H,3,5-8,10H2,1H3,(H,17,18,21). The van der Waals surface area contributed by atoms with Crippen LogP contribution in [0.3, 0.4) is 0 Å². The van der Waals surface area contributed by atoms with E-state index in [1.54, 1.807) is 16.7 Å². The van der Waals surface area contributed by atoms with Gasteiger partial charge in [0.15, 0.2) is 5.13 Å². The number of hydrogen-bond donors (Lipinski definition) is 1. The lowest BCUT2D eigenvalue weighted by atomic mass is 10.3. The van der Waals surface area contributed by atoms with Crippen LogP contribution in [0.5, 0.6) is 0 Å². The molecule has 0 bridgehead atoms. The first-order valence-electron chi connectivity index (χ1n) is 7.89. The SMILES string of the molecule is CC(=O)Nc1nc(C(=O)N2CCCN(Cc3cccs3)CC2)cs1. The highest BCUT2D eigenvalue weighted by Gasteiger charge is 2.22. The van der Waals surface area contributed by atoms with Crippen LogP contribution >= 0.6 is 22.7 Å². The fourth-order valence-corrected chi connectivity index (χ4v) is 4.17. The molecule has 1 N–H and O–H groups in total. The Kier molecular flexibility index (Phi) is 5.60. The summed E-state index contributed by atoms with van der Waals surface area (Å²) in [7, 11) is 0. The number of rotatable bonds is 4. The molecule has 0 atom stereocenters. The lowest BCUT2D eigenvalue weighted by molar-refractivity contribution is -0.114. The zero-order valence-electron chi connectivity index (χ0n) is 13.5. The molecule has 0 radical (unpaired) electrons. The van der Waals surface area contributed by atoms with Crippen LogP contribution in [0.25, 0.3) is 0 Å². The minimum atomic E-state index is -0.178. The first-order chi connectivity index (χ1) is 11.6. The highest BCUT2D eigenvalue weighted by molar-refractivity contribution is 7.14. The predicted octanol–water partition coefficient (Wildman–Crippen LogP) is 2.51. The van der Waals surface area contributed by atoms with E-state index in [0.717, 1.165) is 32.6 Å². The third-order valence-electron chi connectivity index (χ3n) is 3.84. The van der Waals surface area contributed by atoms with Crippen LogP contribution in [0, 0.1) is 0 Å². The molecule has 2 aromatic rings. The van der Waals surface area contributed by atoms with Gasteiger partial charge in [-0.15, -0.1) is 22.7 Å². The summed E-state index contributed by atoms with van der Waals surface area (Å²) in [6, 6.07) is 4.22. The molecule has 128 valence electrons. The second-order valence-corrected chi connectivity index (χ2v) is 7.61. The molecule has 6 nitrogen and oxygen atoms in total. The molecule has 0 spiro atoms. The van der Waals surface area contributed by atoms with Gasteiger partial charge in [0.2, 0.25) is 5.91 Å². The molecule has 1 aliphatic heterocycles. The first kappa shape index (κ1) is 17.1. The van der Waals surface area contributed by atoms with Crippen LogP contribution in [0.2, 0.25) is 0 Å². The molecule has 24 heavy (non-hydrogen) atoms. The second kappa shape index (κ2) is 7.87. The number of nitrogens with zero attached hydrogens (tertiary/aromatic N) is 3. The summed E-state index contributed by atoms with van der Waals surface area (Å²) in [5.74, 6) is -0.233. The van der Waals surface area contributed by atoms with Crippen LogP contribution in [0.15, 0.2) is 22.9 Å². The number of thiophene rings is 1. The molecule has 3 heterocycles. The zero-order chi connectivity index (χ0) is 16.9. The van der Waals surface area contributed by atoms with E-state index in [2.05, 4.69) is 32.7 Å². The number of nitrogens with one attached hydrogen (secondary N) is 1. The lowest BCUT2D eigenvalue weighted by Gasteiger charge is -2.21. The van der Waals surface area contributed by atoms with E-state index < -0.39 is 0 Å². The van der Waals surface area contributed by atoms with E-state index in [1.165, 1.54) is 23.1 Å². The Labute approximate surface area is 149 Å². The molecule has 0 aliphatic carbocycles. The third kappa shape index (κ3) is 4.40. The maximum atomic E-state index is 12.6. The van der Waals surface area contributed by atoms with Crippen LogP contribution < -0.4 is 5.32 Å². The van der Waals surface area contributed by atoms with Crippen molar-refractivity contribution in [1.29, 1.82) is 0 Å². The number of amides is 2. The van der Waals surface area contributed by atoms with Crippen molar-refractivity contribution in [2.45, 2.75) is 19.9 Å². The van der Waals surface area contributed by atoms with Gasteiger partial charge in [0.1, 0.15) is 5.69 Å². The highest BCUT2D eigenvalue weighted by Crippen LogP contribution is 2.18. The second-order valence-electron chi connectivity index (χ2n) is 5.72. The lowest BCUT2D eigenvalue weighted by Crippen LogP contribution is -2.35. The Bertz CT molecular complexity index is 699. The smallest absolute Gasteiger partial charge is 0.273 e. The summed E-state index contributed by atoms with van der Waals surface area (Å²) in [6.45, 7) is 5.69. The molecule has 2 aromatic heterocycles. The number of carbonyl (C=O) groups is 2. The zero-order valence-corrected chi connectivity index (χ0v) is 15.2. The summed E-state index contributed by atoms with van der Waals surface area (Å²) < 4.78 is 0. The maximum absolute atomic E-state index is 12.6. The fourth-order valence-electron chi connectivity index (χ4n) is 2.70. The minimum Gasteiger partial charge on any atom is -0.336 e. The van der Waals surface area contributed by atoms with Gasteiger partial charge in [0.05, 0.1) is 0 Å². The van der Waals surface area contributed by atoms with Crippen molar-refractivity contribution in [3.8, 4) is 0 Å². The van der Waals surface area contributed by atoms with Gasteiger partial charge in [-0.2, -0.15) is 0 Å². The van der Waals surface area contributed by atoms with Gasteiger partial charge < -0.3 is 10.2 Å². The minimum absolute atomic E-state index is 0.0548. The summed E-state index contributed by atoms with van der Waals surface area (Å²) in [6.07, 6.45) is 0.958. The third-order valence-corrected chi connectivity index (χ3v) is 5.46. The van der Waals surface area contributed by atoms with E-state index in [9.17, 15) is 9.59 Å². The summed E-state index contributed by atoms with van der Waals surface area (Å²) >= 11 is 3.05. The molecule has 2 amide bonds. The van der Waals surface area contributed by atoms with E-state index >= 15 is 0 Å². The van der Waals surface area contributed by atoms with Crippen molar-refractivity contribution in [2.75, 3.05) is 31.5 Å². The van der Waals surface area contributed by atoms with Gasteiger partial charge in [0, 0.05) is 49.9 Å². The molecule has 8 heteroatoms. The molecule has 1 fully saturated rings. The van der Waals surface area contributed by atoms with Gasteiger partial charge in [-0.3, -0.25) is 14.5 Å². The van der Waals surface area contributed by atoms with Crippen molar-refractivity contribution in [2.24, 2.45) is 0 Å². The predicted molar refractivity (Wildman–Crippen MR) is 96.5 cm³/mol. The number of anilines is 1. The van der Waals surface area contributed by atoms with Gasteiger partial charge in [-0.05, 0) is 17.9 Å². The van der Waals surface area contributed by atoms with Crippen LogP contribution in [-0.4, -0.2) is 52.8 Å². The van der Waals surface area contributed by atoms with Gasteiger partial charge >= 0.3 is 0 Å². The van der Waals surface area contributed by atoms with Crippen LogP contribution in [-0.2, 0) is 11.3 Å². The quantitative estimate of drug-likeness (QED) is 0.905. The Morgan fingerprint density at radius 2 is 2.12 bits per heavy atom. The molecule has 3 rings (SSSR count). The monoisotopic (exact) mass is 364 g/mol. The van der Waals surface area contributed by atoms with Crippen LogP contribution in [0.1, 0.15) is 28.7 Å². The largest absolute Gasteiger partial charge is 0.336 e. The highest BCUT2D eigenvalue weighted by atomic mass is 32.1. The van der Waals surface area contributed by atoms with Crippen LogP contribution in [0.4, 0.5) is 5.13 Å². The molecule has 1 aliphatic rings. The van der Waals surface area contributed by atoms with Crippen molar-refractivity contribution in [3.05, 3.63) is 33.5 Å². The maximum Gasteiger partial charge on any atom is 0.273 e. The number of thiazole rings is 1. The average molecular weight is 364 g/mol. The summed E-state index contributed by atoms with van der Waals surface area (Å²) in [4.78, 5) is 33.5. The van der Waals surface area contributed by atoms with E-state index in [1.807, 2.05) is 4.90 Å². The molecule has 0 aromatic carbocycles. The topological polar surface area (TPSA) is 65.5 Å². The Morgan fingerprint density at radius 3 is 2.88 bits per heavy atom. The first-order valence-corrected chi connectivity index (χ1v) is 9.65. The fraction of sp³-hybridized carbons (Fsp3) is 0.438. The van der Waals surface area contributed by atoms with Crippen molar-refractivity contribution in [3.63, 3.8) is 0 Å². The van der Waals surface area contributed by atoms with E-state index in [0.29, 0.717) is 17.4 Å². The molecule has 0 saturated carbocycles. The van der Waals surface area contributed by atoms with Gasteiger partial charge in [-0.25, -0.2) is 4.98 Å². The molecular weight excluding hydrogens is 344 g/mol. The molecule has 1 saturated heterocycles. The molecule has 0 unspecified atom stereocenters. The number of hydrogen-bond acceptors (Lipinski definition) is 6. The Balaban J connectivity index is 1.57. The van der Waals surface area contributed by atoms with E-state index in [-0.39, 0.29) is 11.8 Å². The average Bonchev–Trinajstić information content (AvgIpc) is 3.15. The van der Waals surface area contributed by atoms with Crippen molar-refractivity contribution in [1.82, 2.24) is 14.8 Å². The van der Waals surface area contributed by atoms with E-state index in [4.69, 9.17) is 0 Å². The van der Waals surface area contributed by atoms with Crippen molar-refractivity contribution >= 4 is 39.6 Å². The van der Waals surface area contributed by atoms with Gasteiger partial charge in [0.25, 0.3) is 5.91 Å². The Hall–Kier alpha value is -1.77. The number of aromatic nitrogens is 1. The Morgan fingerprint density at radius 1 is 1.25 bits per heavy atom. The summed E-state index contributed by atoms with van der Waals surface area (Å²) in [5.41, 5.74) is 0.412. The summed E-state index contributed by atoms with van der Waals surface area (Å²) in [5, 5.41) is 6.90.